The monoisotopic (exact) mass is 262 g/mol. The number of hydrogen-bond donors (Lipinski definition) is 2. The molecule has 0 saturated carbocycles. The van der Waals surface area contributed by atoms with Gasteiger partial charge < -0.3 is 15.8 Å². The van der Waals surface area contributed by atoms with Crippen LogP contribution in [0.15, 0.2) is 18.2 Å². The number of carbonyl (C=O) groups is 1. The summed E-state index contributed by atoms with van der Waals surface area (Å²) in [4.78, 5) is 11.3. The minimum Gasteiger partial charge on any atom is -0.493 e. The summed E-state index contributed by atoms with van der Waals surface area (Å²) in [5.41, 5.74) is 6.88. The van der Waals surface area contributed by atoms with Crippen LogP contribution in [0.5, 0.6) is 5.75 Å². The van der Waals surface area contributed by atoms with Crippen LogP contribution >= 0.6 is 0 Å². The van der Waals surface area contributed by atoms with Gasteiger partial charge in [-0.1, -0.05) is 6.07 Å². The number of amides is 1. The number of primary amides is 1. The predicted molar refractivity (Wildman–Crippen MR) is 75.4 cm³/mol. The van der Waals surface area contributed by atoms with Crippen LogP contribution in [0, 0.1) is 12.8 Å². The lowest BCUT2D eigenvalue weighted by molar-refractivity contribution is 0.0996. The highest BCUT2D eigenvalue weighted by molar-refractivity contribution is 5.95. The Morgan fingerprint density at radius 2 is 2.37 bits per heavy atom. The number of piperidine rings is 1. The molecule has 0 aliphatic carbocycles. The summed E-state index contributed by atoms with van der Waals surface area (Å²) >= 11 is 0. The van der Waals surface area contributed by atoms with Crippen molar-refractivity contribution in [2.45, 2.75) is 26.2 Å². The van der Waals surface area contributed by atoms with Crippen molar-refractivity contribution in [1.82, 2.24) is 5.32 Å². The second-order valence-electron chi connectivity index (χ2n) is 5.21. The van der Waals surface area contributed by atoms with Crippen molar-refractivity contribution in [3.63, 3.8) is 0 Å². The molecule has 1 unspecified atom stereocenters. The van der Waals surface area contributed by atoms with E-state index >= 15 is 0 Å². The van der Waals surface area contributed by atoms with Crippen LogP contribution in [0.1, 0.15) is 35.2 Å². The van der Waals surface area contributed by atoms with Gasteiger partial charge in [0.1, 0.15) is 5.75 Å². The molecule has 1 atom stereocenters. The Hall–Kier alpha value is -1.55. The van der Waals surface area contributed by atoms with Crippen molar-refractivity contribution in [2.75, 3.05) is 19.7 Å². The maximum Gasteiger partial charge on any atom is 0.252 e. The van der Waals surface area contributed by atoms with Gasteiger partial charge in [0.15, 0.2) is 0 Å². The van der Waals surface area contributed by atoms with Gasteiger partial charge in [-0.2, -0.15) is 0 Å². The molecule has 19 heavy (non-hydrogen) atoms. The first kappa shape index (κ1) is 13.9. The first-order chi connectivity index (χ1) is 9.16. The highest BCUT2D eigenvalue weighted by atomic mass is 16.5. The number of benzene rings is 1. The molecule has 1 aliphatic rings. The van der Waals surface area contributed by atoms with Gasteiger partial charge in [0.25, 0.3) is 5.91 Å². The third-order valence-electron chi connectivity index (χ3n) is 3.59. The molecule has 1 aliphatic heterocycles. The van der Waals surface area contributed by atoms with Crippen LogP contribution in [-0.2, 0) is 0 Å². The van der Waals surface area contributed by atoms with Crippen LogP contribution in [0.3, 0.4) is 0 Å². The lowest BCUT2D eigenvalue weighted by Gasteiger charge is -2.22. The molecule has 2 rings (SSSR count). The summed E-state index contributed by atoms with van der Waals surface area (Å²) in [6.07, 6.45) is 3.51. The first-order valence-electron chi connectivity index (χ1n) is 6.91. The Balaban J connectivity index is 1.91. The molecule has 1 saturated heterocycles. The quantitative estimate of drug-likeness (QED) is 0.851. The lowest BCUT2D eigenvalue weighted by atomic mass is 9.97. The van der Waals surface area contributed by atoms with Crippen LogP contribution in [-0.4, -0.2) is 25.6 Å². The van der Waals surface area contributed by atoms with Crippen molar-refractivity contribution < 1.29 is 9.53 Å². The molecule has 3 N–H and O–H groups in total. The molecule has 4 heteroatoms. The van der Waals surface area contributed by atoms with Gasteiger partial charge in [0.2, 0.25) is 0 Å². The summed E-state index contributed by atoms with van der Waals surface area (Å²) < 4.78 is 5.75. The molecular formula is C15H22N2O2. The van der Waals surface area contributed by atoms with Crippen LogP contribution in [0.4, 0.5) is 0 Å². The third kappa shape index (κ3) is 3.96. The number of carbonyl (C=O) groups excluding carboxylic acids is 1. The highest BCUT2D eigenvalue weighted by Gasteiger charge is 2.14. The molecule has 0 spiro atoms. The number of ether oxygens (including phenoxy) is 1. The minimum atomic E-state index is -0.436. The van der Waals surface area contributed by atoms with Crippen molar-refractivity contribution in [3.8, 4) is 5.75 Å². The van der Waals surface area contributed by atoms with E-state index in [1.807, 2.05) is 19.1 Å². The van der Waals surface area contributed by atoms with Gasteiger partial charge in [-0.15, -0.1) is 0 Å². The molecule has 0 aromatic heterocycles. The zero-order chi connectivity index (χ0) is 13.7. The number of aryl methyl sites for hydroxylation is 1. The minimum absolute atomic E-state index is 0.436. The topological polar surface area (TPSA) is 64.4 Å². The van der Waals surface area contributed by atoms with Gasteiger partial charge in [0, 0.05) is 0 Å². The second kappa shape index (κ2) is 6.57. The van der Waals surface area contributed by atoms with Gasteiger partial charge in [0.05, 0.1) is 12.2 Å². The van der Waals surface area contributed by atoms with E-state index in [2.05, 4.69) is 5.32 Å². The van der Waals surface area contributed by atoms with E-state index in [-0.39, 0.29) is 0 Å². The Kier molecular flexibility index (Phi) is 4.80. The van der Waals surface area contributed by atoms with E-state index in [1.54, 1.807) is 6.07 Å². The number of nitrogens with one attached hydrogen (secondary N) is 1. The SMILES string of the molecule is Cc1ccc(C(N)=O)c(OCCC2CCCNC2)c1. The summed E-state index contributed by atoms with van der Waals surface area (Å²) in [5.74, 6) is 0.848. The third-order valence-corrected chi connectivity index (χ3v) is 3.59. The Morgan fingerprint density at radius 1 is 1.53 bits per heavy atom. The van der Waals surface area contributed by atoms with E-state index in [0.717, 1.165) is 25.1 Å². The summed E-state index contributed by atoms with van der Waals surface area (Å²) in [6, 6.07) is 5.48. The number of rotatable bonds is 5. The lowest BCUT2D eigenvalue weighted by Crippen LogP contribution is -2.30. The fourth-order valence-electron chi connectivity index (χ4n) is 2.46. The van der Waals surface area contributed by atoms with Crippen molar-refractivity contribution in [3.05, 3.63) is 29.3 Å². The van der Waals surface area contributed by atoms with E-state index in [0.29, 0.717) is 23.8 Å². The number of nitrogens with two attached hydrogens (primary N) is 1. The van der Waals surface area contributed by atoms with E-state index in [9.17, 15) is 4.79 Å². The molecule has 0 radical (unpaired) electrons. The highest BCUT2D eigenvalue weighted by Crippen LogP contribution is 2.21. The Labute approximate surface area is 114 Å². The van der Waals surface area contributed by atoms with Gasteiger partial charge in [-0.3, -0.25) is 4.79 Å². The van der Waals surface area contributed by atoms with Gasteiger partial charge >= 0.3 is 0 Å². The smallest absolute Gasteiger partial charge is 0.252 e. The molecule has 1 aromatic carbocycles. The zero-order valence-corrected chi connectivity index (χ0v) is 11.4. The second-order valence-corrected chi connectivity index (χ2v) is 5.21. The van der Waals surface area contributed by atoms with Gasteiger partial charge in [-0.05, 0) is 62.9 Å². The molecular weight excluding hydrogens is 240 g/mol. The van der Waals surface area contributed by atoms with Crippen LogP contribution in [0.25, 0.3) is 0 Å². The van der Waals surface area contributed by atoms with E-state index in [1.165, 1.54) is 12.8 Å². The molecule has 1 heterocycles. The molecule has 1 amide bonds. The number of hydrogen-bond acceptors (Lipinski definition) is 3. The summed E-state index contributed by atoms with van der Waals surface area (Å²) in [7, 11) is 0. The van der Waals surface area contributed by atoms with E-state index in [4.69, 9.17) is 10.5 Å². The summed E-state index contributed by atoms with van der Waals surface area (Å²) in [6.45, 7) is 4.81. The van der Waals surface area contributed by atoms with Crippen molar-refractivity contribution in [2.24, 2.45) is 11.7 Å². The first-order valence-corrected chi connectivity index (χ1v) is 6.91. The summed E-state index contributed by atoms with van der Waals surface area (Å²) in [5, 5.41) is 3.39. The fourth-order valence-corrected chi connectivity index (χ4v) is 2.46. The van der Waals surface area contributed by atoms with Gasteiger partial charge in [-0.25, -0.2) is 0 Å². The van der Waals surface area contributed by atoms with E-state index < -0.39 is 5.91 Å². The maximum atomic E-state index is 11.3. The Morgan fingerprint density at radius 3 is 3.05 bits per heavy atom. The molecule has 0 bridgehead atoms. The standard InChI is InChI=1S/C15H22N2O2/c1-11-4-5-13(15(16)18)14(9-11)19-8-6-12-3-2-7-17-10-12/h4-5,9,12,17H,2-3,6-8,10H2,1H3,(H2,16,18). The largest absolute Gasteiger partial charge is 0.493 e. The van der Waals surface area contributed by atoms with Crippen LogP contribution in [0.2, 0.25) is 0 Å². The average Bonchev–Trinajstić information content (AvgIpc) is 2.39. The van der Waals surface area contributed by atoms with Crippen molar-refractivity contribution >= 4 is 5.91 Å². The van der Waals surface area contributed by atoms with Crippen LogP contribution < -0.4 is 15.8 Å². The average molecular weight is 262 g/mol. The maximum absolute atomic E-state index is 11.3. The van der Waals surface area contributed by atoms with Crippen molar-refractivity contribution in [1.29, 1.82) is 0 Å². The molecule has 104 valence electrons. The molecule has 1 aromatic rings. The predicted octanol–water partition coefficient (Wildman–Crippen LogP) is 1.86. The normalized spacial score (nSPS) is 19.1. The Bertz CT molecular complexity index is 440. The zero-order valence-electron chi connectivity index (χ0n) is 11.4. The fraction of sp³-hybridized carbons (Fsp3) is 0.533. The molecule has 1 fully saturated rings. The molecule has 4 nitrogen and oxygen atoms in total.